The van der Waals surface area contributed by atoms with Crippen molar-refractivity contribution in [3.05, 3.63) is 75.1 Å². The molecule has 0 spiro atoms. The second-order valence-corrected chi connectivity index (χ2v) is 8.22. The second-order valence-electron chi connectivity index (χ2n) is 8.22. The number of nitrogens with zero attached hydrogens (tertiary/aromatic N) is 1. The zero-order chi connectivity index (χ0) is 19.2. The minimum absolute atomic E-state index is 0.0254. The first-order chi connectivity index (χ1) is 12.8. The normalized spacial score (nSPS) is 14.8. The summed E-state index contributed by atoms with van der Waals surface area (Å²) >= 11 is 0. The molecule has 2 aromatic carbocycles. The van der Waals surface area contributed by atoms with E-state index in [0.717, 1.165) is 33.4 Å². The molecule has 0 aliphatic carbocycles. The molecular formula is C23H25NO3. The quantitative estimate of drug-likeness (QED) is 0.622. The fraction of sp³-hybridized carbons (Fsp3) is 0.348. The molecule has 4 nitrogen and oxygen atoms in total. The fourth-order valence-electron chi connectivity index (χ4n) is 3.60. The molecule has 1 aromatic heterocycles. The van der Waals surface area contributed by atoms with Crippen LogP contribution >= 0.6 is 0 Å². The van der Waals surface area contributed by atoms with Gasteiger partial charge in [0.15, 0.2) is 0 Å². The van der Waals surface area contributed by atoms with Crippen molar-refractivity contribution >= 4 is 11.0 Å². The van der Waals surface area contributed by atoms with Gasteiger partial charge < -0.3 is 9.15 Å². The standard InChI is InChI=1S/C23H25NO3/c1-15-17-10-11-20-19(13-24(14-26-20)23(2,3)4)21(17)27-22(25)18(15)12-16-8-6-5-7-9-16/h5-11H,12-14H2,1-4H3. The van der Waals surface area contributed by atoms with Crippen molar-refractivity contribution in [2.45, 2.75) is 46.2 Å². The summed E-state index contributed by atoms with van der Waals surface area (Å²) in [6.45, 7) is 9.73. The molecule has 3 aromatic rings. The number of ether oxygens (including phenoxy) is 1. The lowest BCUT2D eigenvalue weighted by Gasteiger charge is -2.38. The van der Waals surface area contributed by atoms with Gasteiger partial charge in [0.2, 0.25) is 0 Å². The van der Waals surface area contributed by atoms with Crippen molar-refractivity contribution in [3.8, 4) is 5.75 Å². The first-order valence-electron chi connectivity index (χ1n) is 9.34. The van der Waals surface area contributed by atoms with Gasteiger partial charge in [-0.1, -0.05) is 30.3 Å². The van der Waals surface area contributed by atoms with E-state index in [1.54, 1.807) is 0 Å². The average Bonchev–Trinajstić information content (AvgIpc) is 2.64. The van der Waals surface area contributed by atoms with Gasteiger partial charge in [0.05, 0.1) is 5.56 Å². The maximum atomic E-state index is 12.8. The van der Waals surface area contributed by atoms with Crippen LogP contribution in [-0.2, 0) is 13.0 Å². The van der Waals surface area contributed by atoms with Crippen LogP contribution in [0.3, 0.4) is 0 Å². The molecule has 0 unspecified atom stereocenters. The van der Waals surface area contributed by atoms with Crippen molar-refractivity contribution in [2.75, 3.05) is 6.73 Å². The van der Waals surface area contributed by atoms with Crippen LogP contribution in [0.1, 0.15) is 43.0 Å². The minimum Gasteiger partial charge on any atom is -0.478 e. The molecule has 0 radical (unpaired) electrons. The monoisotopic (exact) mass is 363 g/mol. The van der Waals surface area contributed by atoms with Crippen molar-refractivity contribution in [3.63, 3.8) is 0 Å². The summed E-state index contributed by atoms with van der Waals surface area (Å²) in [7, 11) is 0. The summed E-state index contributed by atoms with van der Waals surface area (Å²) < 4.78 is 11.8. The van der Waals surface area contributed by atoms with Crippen LogP contribution in [0, 0.1) is 6.92 Å². The molecule has 0 saturated carbocycles. The molecule has 4 rings (SSSR count). The van der Waals surface area contributed by atoms with Crippen molar-refractivity contribution < 1.29 is 9.15 Å². The van der Waals surface area contributed by atoms with Crippen molar-refractivity contribution in [1.29, 1.82) is 0 Å². The van der Waals surface area contributed by atoms with Gasteiger partial charge in [-0.15, -0.1) is 0 Å². The molecule has 0 N–H and O–H groups in total. The molecule has 1 aliphatic rings. The summed E-state index contributed by atoms with van der Waals surface area (Å²) in [6.07, 6.45) is 0.576. The Morgan fingerprint density at radius 1 is 1.07 bits per heavy atom. The highest BCUT2D eigenvalue weighted by atomic mass is 16.5. The van der Waals surface area contributed by atoms with Crippen molar-refractivity contribution in [1.82, 2.24) is 4.90 Å². The molecule has 0 bridgehead atoms. The van der Waals surface area contributed by atoms with Gasteiger partial charge in [-0.3, -0.25) is 4.90 Å². The highest BCUT2D eigenvalue weighted by Gasteiger charge is 2.29. The van der Waals surface area contributed by atoms with Crippen LogP contribution < -0.4 is 10.4 Å². The smallest absolute Gasteiger partial charge is 0.340 e. The van der Waals surface area contributed by atoms with Crippen molar-refractivity contribution in [2.24, 2.45) is 0 Å². The third kappa shape index (κ3) is 3.26. The Bertz CT molecular complexity index is 1050. The van der Waals surface area contributed by atoms with Crippen LogP contribution in [0.2, 0.25) is 0 Å². The lowest BCUT2D eigenvalue weighted by molar-refractivity contribution is 0.0221. The van der Waals surface area contributed by atoms with Gasteiger partial charge in [0.1, 0.15) is 18.1 Å². The Morgan fingerprint density at radius 3 is 2.52 bits per heavy atom. The molecular weight excluding hydrogens is 338 g/mol. The Labute approximate surface area is 159 Å². The number of hydrogen-bond donors (Lipinski definition) is 0. The molecule has 1 aliphatic heterocycles. The van der Waals surface area contributed by atoms with Gasteiger partial charge in [-0.25, -0.2) is 4.79 Å². The van der Waals surface area contributed by atoms with Crippen LogP contribution in [0.4, 0.5) is 0 Å². The predicted octanol–water partition coefficient (Wildman–Crippen LogP) is 4.64. The van der Waals surface area contributed by atoms with E-state index in [0.29, 0.717) is 25.3 Å². The third-order valence-electron chi connectivity index (χ3n) is 5.41. The Kier molecular flexibility index (Phi) is 4.31. The van der Waals surface area contributed by atoms with Crippen LogP contribution in [0.25, 0.3) is 11.0 Å². The van der Waals surface area contributed by atoms with E-state index < -0.39 is 0 Å². The van der Waals surface area contributed by atoms with Crippen LogP contribution in [-0.4, -0.2) is 17.2 Å². The molecule has 4 heteroatoms. The largest absolute Gasteiger partial charge is 0.478 e. The molecule has 0 amide bonds. The topological polar surface area (TPSA) is 42.7 Å². The highest BCUT2D eigenvalue weighted by Crippen LogP contribution is 2.35. The zero-order valence-corrected chi connectivity index (χ0v) is 16.3. The Morgan fingerprint density at radius 2 is 1.81 bits per heavy atom. The SMILES string of the molecule is Cc1c(Cc2ccccc2)c(=O)oc2c3c(ccc12)OCN(C(C)(C)C)C3. The van der Waals surface area contributed by atoms with E-state index >= 15 is 0 Å². The number of benzene rings is 2. The van der Waals surface area contributed by atoms with Gasteiger partial charge >= 0.3 is 5.63 Å². The number of hydrogen-bond acceptors (Lipinski definition) is 4. The number of aryl methyl sites for hydroxylation is 1. The van der Waals surface area contributed by atoms with E-state index in [1.807, 2.05) is 49.4 Å². The molecule has 140 valence electrons. The third-order valence-corrected chi connectivity index (χ3v) is 5.41. The number of fused-ring (bicyclic) bond motifs is 3. The predicted molar refractivity (Wildman–Crippen MR) is 107 cm³/mol. The van der Waals surface area contributed by atoms with Crippen LogP contribution in [0.5, 0.6) is 5.75 Å². The highest BCUT2D eigenvalue weighted by molar-refractivity contribution is 5.86. The summed E-state index contributed by atoms with van der Waals surface area (Å²) in [4.78, 5) is 15.0. The molecule has 0 atom stereocenters. The summed E-state index contributed by atoms with van der Waals surface area (Å²) in [6, 6.07) is 14.0. The fourth-order valence-corrected chi connectivity index (χ4v) is 3.60. The molecule has 0 saturated heterocycles. The van der Waals surface area contributed by atoms with E-state index in [9.17, 15) is 4.79 Å². The molecule has 27 heavy (non-hydrogen) atoms. The average molecular weight is 363 g/mol. The van der Waals surface area contributed by atoms with E-state index in [2.05, 4.69) is 25.7 Å². The van der Waals surface area contributed by atoms with E-state index in [1.165, 1.54) is 0 Å². The lowest BCUT2D eigenvalue weighted by Crippen LogP contribution is -2.45. The Balaban J connectivity index is 1.83. The van der Waals surface area contributed by atoms with E-state index in [-0.39, 0.29) is 11.2 Å². The molecule has 0 fully saturated rings. The minimum atomic E-state index is -0.259. The second kappa shape index (κ2) is 6.54. The molecule has 2 heterocycles. The van der Waals surface area contributed by atoms with Gasteiger partial charge in [-0.05, 0) is 51.0 Å². The maximum Gasteiger partial charge on any atom is 0.340 e. The summed E-state index contributed by atoms with van der Waals surface area (Å²) in [5.41, 5.74) is 4.14. The van der Waals surface area contributed by atoms with Gasteiger partial charge in [0.25, 0.3) is 0 Å². The summed E-state index contributed by atoms with van der Waals surface area (Å²) in [5, 5.41) is 0.985. The van der Waals surface area contributed by atoms with Gasteiger partial charge in [-0.2, -0.15) is 0 Å². The summed E-state index contributed by atoms with van der Waals surface area (Å²) in [5.74, 6) is 0.807. The first kappa shape index (κ1) is 17.8. The zero-order valence-electron chi connectivity index (χ0n) is 16.3. The van der Waals surface area contributed by atoms with Gasteiger partial charge in [0, 0.05) is 29.5 Å². The van der Waals surface area contributed by atoms with E-state index in [4.69, 9.17) is 9.15 Å². The first-order valence-corrected chi connectivity index (χ1v) is 9.34. The number of rotatable bonds is 2. The Hall–Kier alpha value is -2.59. The lowest BCUT2D eigenvalue weighted by atomic mass is 9.97. The van der Waals surface area contributed by atoms with Crippen LogP contribution in [0.15, 0.2) is 51.7 Å². The maximum absolute atomic E-state index is 12.8.